The quantitative estimate of drug-likeness (QED) is 0.355. The predicted octanol–water partition coefficient (Wildman–Crippen LogP) is 4.74. The molecule has 5 heterocycles. The van der Waals surface area contributed by atoms with Gasteiger partial charge in [0, 0.05) is 18.0 Å². The molecular formula is C26H19N7O. The standard InChI is InChI=1S/C26H19N7O/c34-24(11-16-5-2-1-3-6-16)29-18-12-17(14-27-15-18)19-8-9-21-25(31-19)26(33-32-21)23-13-22-20(30-23)7-4-10-28-22/h1-10,12-15,30H,11H2,(H,29,34)(H,32,33). The minimum absolute atomic E-state index is 0.0990. The van der Waals surface area contributed by atoms with E-state index in [0.29, 0.717) is 12.1 Å². The van der Waals surface area contributed by atoms with Crippen LogP contribution in [0.2, 0.25) is 0 Å². The first-order valence-electron chi connectivity index (χ1n) is 10.8. The SMILES string of the molecule is O=C(Cc1ccccc1)Nc1cncc(-c2ccc3[nH]nc(-c4cc5ncccc5[nH]4)c3n2)c1. The Balaban J connectivity index is 1.30. The van der Waals surface area contributed by atoms with Crippen molar-refractivity contribution in [2.24, 2.45) is 0 Å². The van der Waals surface area contributed by atoms with Gasteiger partial charge in [-0.2, -0.15) is 5.10 Å². The maximum absolute atomic E-state index is 12.5. The zero-order valence-electron chi connectivity index (χ0n) is 18.0. The number of aromatic nitrogens is 6. The third kappa shape index (κ3) is 3.77. The van der Waals surface area contributed by atoms with Gasteiger partial charge in [-0.1, -0.05) is 30.3 Å². The summed E-state index contributed by atoms with van der Waals surface area (Å²) in [7, 11) is 0. The van der Waals surface area contributed by atoms with Gasteiger partial charge in [0.25, 0.3) is 0 Å². The van der Waals surface area contributed by atoms with Gasteiger partial charge in [0.2, 0.25) is 5.91 Å². The molecule has 0 aliphatic rings. The van der Waals surface area contributed by atoms with E-state index in [-0.39, 0.29) is 5.91 Å². The zero-order valence-corrected chi connectivity index (χ0v) is 18.0. The third-order valence-electron chi connectivity index (χ3n) is 5.58. The molecule has 1 amide bonds. The Labute approximate surface area is 194 Å². The number of rotatable bonds is 5. The molecule has 0 aliphatic carbocycles. The molecule has 0 unspecified atom stereocenters. The molecule has 0 spiro atoms. The van der Waals surface area contributed by atoms with Gasteiger partial charge in [-0.05, 0) is 42.0 Å². The van der Waals surface area contributed by atoms with E-state index in [0.717, 1.165) is 50.3 Å². The van der Waals surface area contributed by atoms with E-state index in [1.54, 1.807) is 18.6 Å². The summed E-state index contributed by atoms with van der Waals surface area (Å²) in [4.78, 5) is 29.4. The summed E-state index contributed by atoms with van der Waals surface area (Å²) in [5, 5.41) is 10.4. The molecule has 164 valence electrons. The lowest BCUT2D eigenvalue weighted by atomic mass is 10.1. The Bertz CT molecular complexity index is 1600. The molecule has 34 heavy (non-hydrogen) atoms. The molecule has 0 saturated heterocycles. The first-order valence-corrected chi connectivity index (χ1v) is 10.8. The Hall–Kier alpha value is -4.85. The van der Waals surface area contributed by atoms with Gasteiger partial charge in [0.1, 0.15) is 11.2 Å². The number of aromatic amines is 2. The molecule has 0 bridgehead atoms. The molecule has 8 nitrogen and oxygen atoms in total. The smallest absolute Gasteiger partial charge is 0.228 e. The second-order valence-corrected chi connectivity index (χ2v) is 7.96. The van der Waals surface area contributed by atoms with Gasteiger partial charge < -0.3 is 10.3 Å². The summed E-state index contributed by atoms with van der Waals surface area (Å²) >= 11 is 0. The van der Waals surface area contributed by atoms with Crippen LogP contribution < -0.4 is 5.32 Å². The third-order valence-corrected chi connectivity index (χ3v) is 5.58. The van der Waals surface area contributed by atoms with Gasteiger partial charge in [0.15, 0.2) is 0 Å². The highest BCUT2D eigenvalue weighted by Gasteiger charge is 2.14. The number of fused-ring (bicyclic) bond motifs is 2. The highest BCUT2D eigenvalue weighted by atomic mass is 16.1. The van der Waals surface area contributed by atoms with Crippen molar-refractivity contribution < 1.29 is 4.79 Å². The average Bonchev–Trinajstić information content (AvgIpc) is 3.48. The highest BCUT2D eigenvalue weighted by molar-refractivity contribution is 5.94. The molecule has 0 atom stereocenters. The monoisotopic (exact) mass is 445 g/mol. The van der Waals surface area contributed by atoms with Crippen molar-refractivity contribution in [2.75, 3.05) is 5.32 Å². The number of pyridine rings is 3. The van der Waals surface area contributed by atoms with E-state index in [1.807, 2.05) is 66.7 Å². The fraction of sp³-hybridized carbons (Fsp3) is 0.0385. The summed E-state index contributed by atoms with van der Waals surface area (Å²) in [5.41, 5.74) is 8.03. The number of carbonyl (C=O) groups is 1. The fourth-order valence-corrected chi connectivity index (χ4v) is 3.97. The number of hydrogen-bond acceptors (Lipinski definition) is 5. The Morgan fingerprint density at radius 3 is 2.74 bits per heavy atom. The Kier molecular flexibility index (Phi) is 4.81. The lowest BCUT2D eigenvalue weighted by molar-refractivity contribution is -0.115. The summed E-state index contributed by atoms with van der Waals surface area (Å²) in [6.07, 6.45) is 5.42. The maximum Gasteiger partial charge on any atom is 0.228 e. The molecule has 0 saturated carbocycles. The number of H-pyrrole nitrogens is 2. The second-order valence-electron chi connectivity index (χ2n) is 7.96. The molecule has 5 aromatic heterocycles. The summed E-state index contributed by atoms with van der Waals surface area (Å²) < 4.78 is 0. The van der Waals surface area contributed by atoms with Crippen LogP contribution in [0.1, 0.15) is 5.56 Å². The predicted molar refractivity (Wildman–Crippen MR) is 131 cm³/mol. The molecule has 6 aromatic rings. The van der Waals surface area contributed by atoms with E-state index < -0.39 is 0 Å². The number of benzene rings is 1. The molecule has 3 N–H and O–H groups in total. The normalized spacial score (nSPS) is 11.2. The maximum atomic E-state index is 12.5. The van der Waals surface area contributed by atoms with Crippen molar-refractivity contribution in [3.8, 4) is 22.6 Å². The van der Waals surface area contributed by atoms with Crippen LogP contribution in [0.15, 0.2) is 85.3 Å². The van der Waals surface area contributed by atoms with Gasteiger partial charge in [-0.3, -0.25) is 19.9 Å². The molecule has 0 radical (unpaired) electrons. The van der Waals surface area contributed by atoms with E-state index in [9.17, 15) is 4.79 Å². The molecule has 0 aliphatic heterocycles. The van der Waals surface area contributed by atoms with Crippen LogP contribution in [0, 0.1) is 0 Å². The van der Waals surface area contributed by atoms with Gasteiger partial charge in [-0.25, -0.2) is 4.98 Å². The van der Waals surface area contributed by atoms with Gasteiger partial charge in [-0.15, -0.1) is 0 Å². The van der Waals surface area contributed by atoms with E-state index in [4.69, 9.17) is 4.98 Å². The van der Waals surface area contributed by atoms with E-state index >= 15 is 0 Å². The lowest BCUT2D eigenvalue weighted by Gasteiger charge is -2.07. The summed E-state index contributed by atoms with van der Waals surface area (Å²) in [6.45, 7) is 0. The highest BCUT2D eigenvalue weighted by Crippen LogP contribution is 2.29. The van der Waals surface area contributed by atoms with Crippen molar-refractivity contribution in [3.05, 3.63) is 90.9 Å². The van der Waals surface area contributed by atoms with Crippen molar-refractivity contribution in [3.63, 3.8) is 0 Å². The summed E-state index contributed by atoms with van der Waals surface area (Å²) in [5.74, 6) is -0.0990. The molecule has 0 fully saturated rings. The minimum atomic E-state index is -0.0990. The van der Waals surface area contributed by atoms with Crippen LogP contribution in [-0.2, 0) is 11.2 Å². The van der Waals surface area contributed by atoms with Gasteiger partial charge in [0.05, 0.1) is 46.2 Å². The van der Waals surface area contributed by atoms with E-state index in [2.05, 4.69) is 30.5 Å². The van der Waals surface area contributed by atoms with Crippen molar-refractivity contribution in [1.82, 2.24) is 30.1 Å². The van der Waals surface area contributed by atoms with Crippen molar-refractivity contribution in [2.45, 2.75) is 6.42 Å². The largest absolute Gasteiger partial charge is 0.352 e. The molecule has 1 aromatic carbocycles. The first kappa shape index (κ1) is 19.8. The fourth-order valence-electron chi connectivity index (χ4n) is 3.97. The minimum Gasteiger partial charge on any atom is -0.352 e. The van der Waals surface area contributed by atoms with Crippen molar-refractivity contribution >= 4 is 33.7 Å². The first-order chi connectivity index (χ1) is 16.7. The number of carbonyl (C=O) groups excluding carboxylic acids is 1. The number of amides is 1. The average molecular weight is 445 g/mol. The number of nitrogens with zero attached hydrogens (tertiary/aromatic N) is 4. The van der Waals surface area contributed by atoms with Gasteiger partial charge >= 0.3 is 0 Å². The molecular weight excluding hydrogens is 426 g/mol. The summed E-state index contributed by atoms with van der Waals surface area (Å²) in [6, 6.07) is 21.2. The number of anilines is 1. The molecule has 8 heteroatoms. The van der Waals surface area contributed by atoms with Crippen LogP contribution in [0.25, 0.3) is 44.7 Å². The van der Waals surface area contributed by atoms with Crippen LogP contribution in [0.5, 0.6) is 0 Å². The van der Waals surface area contributed by atoms with Crippen LogP contribution in [-0.4, -0.2) is 36.0 Å². The molecule has 6 rings (SSSR count). The van der Waals surface area contributed by atoms with E-state index in [1.165, 1.54) is 0 Å². The second kappa shape index (κ2) is 8.25. The Morgan fingerprint density at radius 1 is 0.941 bits per heavy atom. The number of nitrogens with one attached hydrogen (secondary N) is 3. The Morgan fingerprint density at radius 2 is 1.85 bits per heavy atom. The van der Waals surface area contributed by atoms with Crippen LogP contribution in [0.3, 0.4) is 0 Å². The topological polar surface area (TPSA) is 112 Å². The van der Waals surface area contributed by atoms with Crippen LogP contribution in [0.4, 0.5) is 5.69 Å². The van der Waals surface area contributed by atoms with Crippen molar-refractivity contribution in [1.29, 1.82) is 0 Å². The lowest BCUT2D eigenvalue weighted by Crippen LogP contribution is -2.14. The van der Waals surface area contributed by atoms with Crippen LogP contribution >= 0.6 is 0 Å². The zero-order chi connectivity index (χ0) is 22.9. The number of hydrogen-bond donors (Lipinski definition) is 3.